The second kappa shape index (κ2) is 4.84. The van der Waals surface area contributed by atoms with Gasteiger partial charge in [-0.2, -0.15) is 0 Å². The molecule has 1 heterocycles. The molecule has 0 aromatic heterocycles. The maximum atomic E-state index is 5.94. The van der Waals surface area contributed by atoms with Crippen LogP contribution in [-0.4, -0.2) is 13.2 Å². The number of nitrogens with two attached hydrogens (primary N) is 1. The van der Waals surface area contributed by atoms with E-state index >= 15 is 0 Å². The van der Waals surface area contributed by atoms with E-state index in [2.05, 4.69) is 18.2 Å². The maximum absolute atomic E-state index is 5.94. The lowest BCUT2D eigenvalue weighted by atomic mass is 10.0. The molecule has 0 saturated heterocycles. The van der Waals surface area contributed by atoms with Gasteiger partial charge in [-0.1, -0.05) is 18.2 Å². The van der Waals surface area contributed by atoms with Crippen molar-refractivity contribution in [3.8, 4) is 11.5 Å². The summed E-state index contributed by atoms with van der Waals surface area (Å²) in [5.74, 6) is 1.67. The highest BCUT2D eigenvalue weighted by atomic mass is 16.6. The Morgan fingerprint density at radius 1 is 0.947 bits per heavy atom. The van der Waals surface area contributed by atoms with Gasteiger partial charge in [0.15, 0.2) is 11.5 Å². The number of fused-ring (bicyclic) bond motifs is 1. The topological polar surface area (TPSA) is 44.5 Å². The van der Waals surface area contributed by atoms with Crippen LogP contribution < -0.4 is 15.2 Å². The molecule has 0 unspecified atom stereocenters. The average Bonchev–Trinajstić information content (AvgIpc) is 2.43. The van der Waals surface area contributed by atoms with Crippen molar-refractivity contribution in [3.63, 3.8) is 0 Å². The van der Waals surface area contributed by atoms with Crippen LogP contribution in [0.25, 0.3) is 0 Å². The van der Waals surface area contributed by atoms with E-state index < -0.39 is 0 Å². The molecular formula is C16H17NO2. The van der Waals surface area contributed by atoms with E-state index in [1.54, 1.807) is 0 Å². The summed E-state index contributed by atoms with van der Waals surface area (Å²) >= 11 is 0. The summed E-state index contributed by atoms with van der Waals surface area (Å²) in [6, 6.07) is 12.3. The van der Waals surface area contributed by atoms with Crippen LogP contribution in [0.3, 0.4) is 0 Å². The molecule has 0 saturated carbocycles. The number of hydrogen-bond donors (Lipinski definition) is 1. The first-order chi connectivity index (χ1) is 9.22. The van der Waals surface area contributed by atoms with Crippen LogP contribution in [0, 0.1) is 6.92 Å². The fraction of sp³-hybridized carbons (Fsp3) is 0.250. The van der Waals surface area contributed by atoms with Gasteiger partial charge in [0.1, 0.15) is 13.2 Å². The fourth-order valence-corrected chi connectivity index (χ4v) is 2.23. The van der Waals surface area contributed by atoms with Gasteiger partial charge in [0.25, 0.3) is 0 Å². The van der Waals surface area contributed by atoms with Gasteiger partial charge in [0.05, 0.1) is 0 Å². The summed E-state index contributed by atoms with van der Waals surface area (Å²) < 4.78 is 11.1. The number of hydrogen-bond acceptors (Lipinski definition) is 3. The zero-order chi connectivity index (χ0) is 13.2. The zero-order valence-electron chi connectivity index (χ0n) is 11.0. The lowest BCUT2D eigenvalue weighted by Gasteiger charge is -2.19. The Bertz CT molecular complexity index is 608. The third-order valence-electron chi connectivity index (χ3n) is 3.36. The van der Waals surface area contributed by atoms with E-state index in [9.17, 15) is 0 Å². The summed E-state index contributed by atoms with van der Waals surface area (Å²) in [5, 5.41) is 0. The molecule has 0 aliphatic carbocycles. The fourth-order valence-electron chi connectivity index (χ4n) is 2.23. The van der Waals surface area contributed by atoms with Gasteiger partial charge in [0.2, 0.25) is 0 Å². The van der Waals surface area contributed by atoms with Crippen LogP contribution >= 0.6 is 0 Å². The van der Waals surface area contributed by atoms with Crippen LogP contribution in [0.15, 0.2) is 36.4 Å². The lowest BCUT2D eigenvalue weighted by Crippen LogP contribution is -2.15. The predicted molar refractivity (Wildman–Crippen MR) is 75.8 cm³/mol. The summed E-state index contributed by atoms with van der Waals surface area (Å²) in [4.78, 5) is 0. The van der Waals surface area contributed by atoms with Gasteiger partial charge < -0.3 is 15.2 Å². The molecule has 1 aliphatic heterocycles. The van der Waals surface area contributed by atoms with E-state index in [0.717, 1.165) is 29.2 Å². The normalized spacial score (nSPS) is 13.3. The molecule has 2 aromatic rings. The van der Waals surface area contributed by atoms with Gasteiger partial charge in [0, 0.05) is 5.69 Å². The number of rotatable bonds is 2. The highest BCUT2D eigenvalue weighted by molar-refractivity contribution is 5.50. The highest BCUT2D eigenvalue weighted by Gasteiger charge is 2.11. The van der Waals surface area contributed by atoms with E-state index in [1.165, 1.54) is 11.1 Å². The minimum absolute atomic E-state index is 0.619. The molecule has 3 nitrogen and oxygen atoms in total. The molecule has 3 rings (SSSR count). The zero-order valence-corrected chi connectivity index (χ0v) is 11.0. The molecule has 0 spiro atoms. The Morgan fingerprint density at radius 3 is 2.42 bits per heavy atom. The van der Waals surface area contributed by atoms with Gasteiger partial charge in [-0.3, -0.25) is 0 Å². The second-order valence-corrected chi connectivity index (χ2v) is 4.85. The third-order valence-corrected chi connectivity index (χ3v) is 3.36. The van der Waals surface area contributed by atoms with Crippen molar-refractivity contribution in [1.82, 2.24) is 0 Å². The largest absolute Gasteiger partial charge is 0.486 e. The minimum atomic E-state index is 0.619. The van der Waals surface area contributed by atoms with Crippen molar-refractivity contribution in [2.45, 2.75) is 13.3 Å². The predicted octanol–water partition coefficient (Wildman–Crippen LogP) is 2.94. The molecule has 1 aliphatic rings. The Kier molecular flexibility index (Phi) is 3.03. The summed E-state index contributed by atoms with van der Waals surface area (Å²) in [5.41, 5.74) is 10.3. The van der Waals surface area contributed by atoms with Crippen molar-refractivity contribution >= 4 is 5.69 Å². The van der Waals surface area contributed by atoms with E-state index in [4.69, 9.17) is 15.2 Å². The number of ether oxygens (including phenoxy) is 2. The van der Waals surface area contributed by atoms with Crippen LogP contribution in [0.1, 0.15) is 16.7 Å². The number of nitrogen functional groups attached to an aromatic ring is 1. The van der Waals surface area contributed by atoms with Gasteiger partial charge in [-0.25, -0.2) is 0 Å². The van der Waals surface area contributed by atoms with Crippen molar-refractivity contribution in [2.75, 3.05) is 18.9 Å². The summed E-state index contributed by atoms with van der Waals surface area (Å²) in [6.45, 7) is 3.26. The number of aryl methyl sites for hydroxylation is 1. The standard InChI is InChI=1S/C16H17NO2/c1-11-2-3-12(9-14(11)17)8-13-4-5-15-16(10-13)19-7-6-18-15/h2-5,9-10H,6-8,17H2,1H3. The molecular weight excluding hydrogens is 238 g/mol. The molecule has 0 fully saturated rings. The van der Waals surface area contributed by atoms with Crippen molar-refractivity contribution < 1.29 is 9.47 Å². The SMILES string of the molecule is Cc1ccc(Cc2ccc3c(c2)OCCO3)cc1N. The molecule has 0 amide bonds. The monoisotopic (exact) mass is 255 g/mol. The second-order valence-electron chi connectivity index (χ2n) is 4.85. The van der Waals surface area contributed by atoms with Gasteiger partial charge >= 0.3 is 0 Å². The van der Waals surface area contributed by atoms with Crippen molar-refractivity contribution in [1.29, 1.82) is 0 Å². The van der Waals surface area contributed by atoms with Gasteiger partial charge in [-0.05, 0) is 48.2 Å². The van der Waals surface area contributed by atoms with Crippen LogP contribution in [-0.2, 0) is 6.42 Å². The Balaban J connectivity index is 1.84. The molecule has 19 heavy (non-hydrogen) atoms. The molecule has 3 heteroatoms. The van der Waals surface area contributed by atoms with Crippen molar-refractivity contribution in [2.24, 2.45) is 0 Å². The first-order valence-electron chi connectivity index (χ1n) is 6.46. The minimum Gasteiger partial charge on any atom is -0.486 e. The molecule has 0 radical (unpaired) electrons. The smallest absolute Gasteiger partial charge is 0.161 e. The van der Waals surface area contributed by atoms with Crippen LogP contribution in [0.5, 0.6) is 11.5 Å². The third kappa shape index (κ3) is 2.50. The maximum Gasteiger partial charge on any atom is 0.161 e. The van der Waals surface area contributed by atoms with Crippen LogP contribution in [0.2, 0.25) is 0 Å². The molecule has 2 aromatic carbocycles. The van der Waals surface area contributed by atoms with Crippen LogP contribution in [0.4, 0.5) is 5.69 Å². The van der Waals surface area contributed by atoms with Crippen molar-refractivity contribution in [3.05, 3.63) is 53.1 Å². The Labute approximate surface area is 113 Å². The molecule has 0 bridgehead atoms. The molecule has 0 atom stereocenters. The molecule has 98 valence electrons. The average molecular weight is 255 g/mol. The van der Waals surface area contributed by atoms with Gasteiger partial charge in [-0.15, -0.1) is 0 Å². The van der Waals surface area contributed by atoms with E-state index in [0.29, 0.717) is 13.2 Å². The summed E-state index contributed by atoms with van der Waals surface area (Å²) in [7, 11) is 0. The first kappa shape index (κ1) is 11.9. The molecule has 2 N–H and O–H groups in total. The number of anilines is 1. The van der Waals surface area contributed by atoms with E-state index in [-0.39, 0.29) is 0 Å². The first-order valence-corrected chi connectivity index (χ1v) is 6.46. The quantitative estimate of drug-likeness (QED) is 0.839. The number of benzene rings is 2. The Morgan fingerprint density at radius 2 is 1.63 bits per heavy atom. The summed E-state index contributed by atoms with van der Waals surface area (Å²) in [6.07, 6.45) is 0.848. The lowest BCUT2D eigenvalue weighted by molar-refractivity contribution is 0.171. The van der Waals surface area contributed by atoms with E-state index in [1.807, 2.05) is 25.1 Å². The highest BCUT2D eigenvalue weighted by Crippen LogP contribution is 2.31. The Hall–Kier alpha value is -2.16.